The van der Waals surface area contributed by atoms with Crippen LogP contribution in [0.15, 0.2) is 41.7 Å². The first-order chi connectivity index (χ1) is 21.7. The molecule has 232 valence electrons. The molecule has 4 heterocycles. The SMILES string of the molecule is C=CC(=O)N1CCN(c2nc(=O)n(-c3c(C4CC4)nc(OC)nc3C3CC3)c3nc(-c4c(O)cccc4F)c(F)cc23)[C@@H](C)C1. The molecule has 13 heteroatoms. The summed E-state index contributed by atoms with van der Waals surface area (Å²) >= 11 is 0. The van der Waals surface area contributed by atoms with E-state index in [1.54, 1.807) is 4.90 Å². The molecule has 3 aliphatic rings. The predicted octanol–water partition coefficient (Wildman–Crippen LogP) is 4.21. The van der Waals surface area contributed by atoms with Crippen LogP contribution in [0.1, 0.15) is 55.8 Å². The molecule has 0 spiro atoms. The molecule has 1 saturated heterocycles. The molecule has 1 aliphatic heterocycles. The van der Waals surface area contributed by atoms with Gasteiger partial charge in [0.25, 0.3) is 0 Å². The number of ether oxygens (including phenoxy) is 1. The molecule has 2 saturated carbocycles. The van der Waals surface area contributed by atoms with Gasteiger partial charge >= 0.3 is 11.7 Å². The molecule has 1 atom stereocenters. The van der Waals surface area contributed by atoms with Gasteiger partial charge < -0.3 is 19.6 Å². The van der Waals surface area contributed by atoms with Gasteiger partial charge in [0.05, 0.1) is 35.1 Å². The number of rotatable bonds is 7. The van der Waals surface area contributed by atoms with Crippen molar-refractivity contribution in [2.45, 2.75) is 50.5 Å². The minimum Gasteiger partial charge on any atom is -0.507 e. The van der Waals surface area contributed by atoms with Crippen LogP contribution in [0.2, 0.25) is 0 Å². The fourth-order valence-electron chi connectivity index (χ4n) is 6.12. The zero-order valence-corrected chi connectivity index (χ0v) is 24.8. The minimum atomic E-state index is -0.903. The van der Waals surface area contributed by atoms with Crippen molar-refractivity contribution in [2.24, 2.45) is 0 Å². The fraction of sp³-hybridized carbons (Fsp3) is 0.375. The van der Waals surface area contributed by atoms with E-state index < -0.39 is 34.3 Å². The van der Waals surface area contributed by atoms with Gasteiger partial charge in [0, 0.05) is 37.5 Å². The van der Waals surface area contributed by atoms with Crippen LogP contribution in [0.5, 0.6) is 11.8 Å². The number of carbonyl (C=O) groups is 1. The number of pyridine rings is 1. The molecule has 3 aromatic heterocycles. The lowest BCUT2D eigenvalue weighted by molar-refractivity contribution is -0.126. The summed E-state index contributed by atoms with van der Waals surface area (Å²) in [6.45, 7) is 6.43. The van der Waals surface area contributed by atoms with E-state index in [2.05, 4.69) is 26.5 Å². The Bertz CT molecular complexity index is 1890. The third kappa shape index (κ3) is 4.95. The molecule has 7 rings (SSSR count). The van der Waals surface area contributed by atoms with Crippen LogP contribution >= 0.6 is 0 Å². The number of piperazine rings is 1. The number of hydrogen-bond acceptors (Lipinski definition) is 9. The molecule has 1 N–H and O–H groups in total. The highest BCUT2D eigenvalue weighted by atomic mass is 19.1. The lowest BCUT2D eigenvalue weighted by atomic mass is 10.1. The Labute approximate surface area is 256 Å². The Morgan fingerprint density at radius 2 is 1.73 bits per heavy atom. The first-order valence-corrected chi connectivity index (χ1v) is 15.0. The molecule has 45 heavy (non-hydrogen) atoms. The predicted molar refractivity (Wildman–Crippen MR) is 162 cm³/mol. The van der Waals surface area contributed by atoms with E-state index in [4.69, 9.17) is 4.74 Å². The highest BCUT2D eigenvalue weighted by molar-refractivity contribution is 5.91. The van der Waals surface area contributed by atoms with Crippen molar-refractivity contribution >= 4 is 22.8 Å². The Morgan fingerprint density at radius 1 is 1.04 bits per heavy atom. The zero-order valence-electron chi connectivity index (χ0n) is 24.8. The second-order valence-electron chi connectivity index (χ2n) is 11.8. The van der Waals surface area contributed by atoms with Crippen LogP contribution in [0, 0.1) is 11.6 Å². The van der Waals surface area contributed by atoms with E-state index in [0.29, 0.717) is 36.7 Å². The first kappa shape index (κ1) is 28.8. The normalized spacial score (nSPS) is 18.4. The lowest BCUT2D eigenvalue weighted by Gasteiger charge is -2.40. The molecule has 11 nitrogen and oxygen atoms in total. The number of nitrogens with zero attached hydrogens (tertiary/aromatic N) is 7. The van der Waals surface area contributed by atoms with Gasteiger partial charge in [-0.2, -0.15) is 15.0 Å². The molecule has 3 fully saturated rings. The number of amides is 1. The van der Waals surface area contributed by atoms with Crippen LogP contribution in [-0.2, 0) is 4.79 Å². The average molecular weight is 616 g/mol. The maximum absolute atomic E-state index is 16.0. The Morgan fingerprint density at radius 3 is 2.31 bits per heavy atom. The average Bonchev–Trinajstić information content (AvgIpc) is 3.95. The summed E-state index contributed by atoms with van der Waals surface area (Å²) in [5, 5.41) is 10.8. The maximum Gasteiger partial charge on any atom is 0.355 e. The highest BCUT2D eigenvalue weighted by Crippen LogP contribution is 2.48. The third-order valence-electron chi connectivity index (χ3n) is 8.67. The number of methoxy groups -OCH3 is 1. The number of aromatic hydroxyl groups is 1. The molecule has 1 aromatic carbocycles. The number of carbonyl (C=O) groups excluding carboxylic acids is 1. The lowest BCUT2D eigenvalue weighted by Crippen LogP contribution is -2.54. The monoisotopic (exact) mass is 615 g/mol. The number of halogens is 2. The molecule has 1 amide bonds. The number of hydrogen-bond donors (Lipinski definition) is 1. The van der Waals surface area contributed by atoms with Gasteiger partial charge in [-0.15, -0.1) is 0 Å². The standard InChI is InChI=1S/C32H31F2N7O4/c1-4-23(43)39-12-13-40(16(2)15-39)29-19-14-21(34)27(24-20(33)6-5-7-22(24)42)35-30(19)41(32(44)38-29)28-25(17-8-9-17)36-31(45-3)37-26(28)18-10-11-18/h4-7,14,16-18,42H,1,8-13,15H2,2-3H3/t16-/m0/s1. The smallest absolute Gasteiger partial charge is 0.355 e. The number of phenolic OH excluding ortho intramolecular Hbond substituents is 1. The number of fused-ring (bicyclic) bond motifs is 1. The van der Waals surface area contributed by atoms with Crippen LogP contribution in [0.3, 0.4) is 0 Å². The molecule has 4 aromatic rings. The summed E-state index contributed by atoms with van der Waals surface area (Å²) in [5.41, 5.74) is 0.143. The summed E-state index contributed by atoms with van der Waals surface area (Å²) in [4.78, 5) is 48.4. The number of anilines is 1. The first-order valence-electron chi connectivity index (χ1n) is 15.0. The fourth-order valence-corrected chi connectivity index (χ4v) is 6.12. The molecular formula is C32H31F2N7O4. The van der Waals surface area contributed by atoms with Crippen molar-refractivity contribution in [2.75, 3.05) is 31.6 Å². The quantitative estimate of drug-likeness (QED) is 0.304. The van der Waals surface area contributed by atoms with Crippen molar-refractivity contribution in [1.29, 1.82) is 0 Å². The Hall–Kier alpha value is -4.94. The molecule has 2 aliphatic carbocycles. The van der Waals surface area contributed by atoms with Crippen molar-refractivity contribution in [3.05, 3.63) is 70.4 Å². The maximum atomic E-state index is 16.0. The van der Waals surface area contributed by atoms with Crippen molar-refractivity contribution in [1.82, 2.24) is 29.4 Å². The van der Waals surface area contributed by atoms with Crippen LogP contribution < -0.4 is 15.3 Å². The summed E-state index contributed by atoms with van der Waals surface area (Å²) in [6, 6.07) is 4.73. The summed E-state index contributed by atoms with van der Waals surface area (Å²) < 4.78 is 37.8. The van der Waals surface area contributed by atoms with Gasteiger partial charge in [-0.3, -0.25) is 4.79 Å². The van der Waals surface area contributed by atoms with Crippen LogP contribution in [0.25, 0.3) is 28.0 Å². The van der Waals surface area contributed by atoms with E-state index in [-0.39, 0.29) is 46.6 Å². The van der Waals surface area contributed by atoms with E-state index in [1.165, 1.54) is 36.0 Å². The van der Waals surface area contributed by atoms with Crippen molar-refractivity contribution in [3.63, 3.8) is 0 Å². The van der Waals surface area contributed by atoms with Gasteiger partial charge in [0.1, 0.15) is 23.1 Å². The number of benzene rings is 1. The zero-order chi connectivity index (χ0) is 31.6. The van der Waals surface area contributed by atoms with E-state index in [9.17, 15) is 14.7 Å². The second kappa shape index (κ2) is 10.9. The van der Waals surface area contributed by atoms with E-state index in [0.717, 1.165) is 31.7 Å². The molecule has 0 radical (unpaired) electrons. The number of phenols is 1. The summed E-state index contributed by atoms with van der Waals surface area (Å²) in [7, 11) is 1.49. The highest BCUT2D eigenvalue weighted by Gasteiger charge is 2.38. The van der Waals surface area contributed by atoms with E-state index >= 15 is 8.78 Å². The topological polar surface area (TPSA) is 127 Å². The van der Waals surface area contributed by atoms with Gasteiger partial charge in [0.2, 0.25) is 5.91 Å². The molecule has 0 unspecified atom stereocenters. The summed E-state index contributed by atoms with van der Waals surface area (Å²) in [5.74, 6) is -2.17. The number of aromatic nitrogens is 5. The van der Waals surface area contributed by atoms with E-state index in [1.807, 2.05) is 11.8 Å². The van der Waals surface area contributed by atoms with Crippen LogP contribution in [-0.4, -0.2) is 73.2 Å². The van der Waals surface area contributed by atoms with Crippen molar-refractivity contribution in [3.8, 4) is 28.7 Å². The Balaban J connectivity index is 1.52. The third-order valence-corrected chi connectivity index (χ3v) is 8.67. The Kier molecular flexibility index (Phi) is 6.98. The molecular weight excluding hydrogens is 584 g/mol. The van der Waals surface area contributed by atoms with Gasteiger partial charge in [-0.1, -0.05) is 12.6 Å². The van der Waals surface area contributed by atoms with Gasteiger partial charge in [-0.25, -0.2) is 23.1 Å². The summed E-state index contributed by atoms with van der Waals surface area (Å²) in [6.07, 6.45) is 4.68. The van der Waals surface area contributed by atoms with Gasteiger partial charge in [0.15, 0.2) is 11.5 Å². The van der Waals surface area contributed by atoms with Gasteiger partial charge in [-0.05, 0) is 56.9 Å². The largest absolute Gasteiger partial charge is 0.507 e. The molecule has 0 bridgehead atoms. The van der Waals surface area contributed by atoms with Crippen molar-refractivity contribution < 1.29 is 23.4 Å². The minimum absolute atomic E-state index is 0.0263. The van der Waals surface area contributed by atoms with Crippen LogP contribution in [0.4, 0.5) is 14.6 Å². The second-order valence-corrected chi connectivity index (χ2v) is 11.8.